The van der Waals surface area contributed by atoms with E-state index in [0.717, 1.165) is 11.3 Å². The fraction of sp³-hybridized carbons (Fsp3) is 0.467. The number of nitrogens with zero attached hydrogens (tertiary/aromatic N) is 1. The molecule has 1 aromatic carbocycles. The first-order valence-electron chi connectivity index (χ1n) is 6.94. The summed E-state index contributed by atoms with van der Waals surface area (Å²) < 4.78 is 5.67. The average molecular weight is 291 g/mol. The van der Waals surface area contributed by atoms with Crippen LogP contribution in [0.25, 0.3) is 0 Å². The molecular weight excluding hydrogens is 270 g/mol. The second kappa shape index (κ2) is 6.24. The summed E-state index contributed by atoms with van der Waals surface area (Å²) in [7, 11) is 0. The Kier molecular flexibility index (Phi) is 4.59. The third-order valence-electron chi connectivity index (χ3n) is 3.70. The minimum atomic E-state index is -0.712. The van der Waals surface area contributed by atoms with Crippen molar-refractivity contribution < 1.29 is 14.3 Å². The first-order chi connectivity index (χ1) is 9.93. The number of nitrogens with one attached hydrogen (secondary N) is 1. The highest BCUT2D eigenvalue weighted by molar-refractivity contribution is 6.02. The predicted octanol–water partition coefficient (Wildman–Crippen LogP) is 0.261. The van der Waals surface area contributed by atoms with E-state index in [-0.39, 0.29) is 18.4 Å². The van der Waals surface area contributed by atoms with Gasteiger partial charge < -0.3 is 10.5 Å². The van der Waals surface area contributed by atoms with Gasteiger partial charge in [0.15, 0.2) is 0 Å². The molecule has 1 aliphatic heterocycles. The van der Waals surface area contributed by atoms with Crippen LogP contribution >= 0.6 is 0 Å². The molecule has 0 aromatic heterocycles. The molecule has 6 nitrogen and oxygen atoms in total. The topological polar surface area (TPSA) is 84.7 Å². The summed E-state index contributed by atoms with van der Waals surface area (Å²) in [5.41, 5.74) is 5.87. The van der Waals surface area contributed by atoms with Crippen LogP contribution in [0.4, 0.5) is 0 Å². The zero-order valence-corrected chi connectivity index (χ0v) is 12.4. The van der Waals surface area contributed by atoms with Crippen LogP contribution in [-0.2, 0) is 16.1 Å². The Hall–Kier alpha value is -1.92. The number of ether oxygens (including phenoxy) is 1. The van der Waals surface area contributed by atoms with Gasteiger partial charge in [0.25, 0.3) is 0 Å². The Morgan fingerprint density at radius 2 is 2.14 bits per heavy atom. The second-order valence-electron chi connectivity index (χ2n) is 5.56. The van der Waals surface area contributed by atoms with Crippen LogP contribution < -0.4 is 15.8 Å². The van der Waals surface area contributed by atoms with Gasteiger partial charge in [-0.1, -0.05) is 12.1 Å². The number of imide groups is 1. The first-order valence-corrected chi connectivity index (χ1v) is 6.94. The summed E-state index contributed by atoms with van der Waals surface area (Å²) in [4.78, 5) is 25.1. The fourth-order valence-corrected chi connectivity index (χ4v) is 2.23. The second-order valence-corrected chi connectivity index (χ2v) is 5.56. The van der Waals surface area contributed by atoms with Gasteiger partial charge in [-0.15, -0.1) is 0 Å². The van der Waals surface area contributed by atoms with E-state index in [1.807, 2.05) is 29.2 Å². The van der Waals surface area contributed by atoms with Crippen molar-refractivity contribution in [3.05, 3.63) is 29.8 Å². The van der Waals surface area contributed by atoms with E-state index in [9.17, 15) is 9.59 Å². The van der Waals surface area contributed by atoms with Gasteiger partial charge in [0.2, 0.25) is 11.8 Å². The molecule has 1 aromatic rings. The molecule has 1 aliphatic rings. The van der Waals surface area contributed by atoms with Crippen LogP contribution in [0.5, 0.6) is 5.75 Å². The molecule has 0 spiro atoms. The predicted molar refractivity (Wildman–Crippen MR) is 78.6 cm³/mol. The summed E-state index contributed by atoms with van der Waals surface area (Å²) in [6, 6.07) is 7.57. The van der Waals surface area contributed by atoms with Crippen molar-refractivity contribution in [3.8, 4) is 5.75 Å². The molecule has 0 atom stereocenters. The highest BCUT2D eigenvalue weighted by Gasteiger charge is 2.40. The number of hydrogen-bond acceptors (Lipinski definition) is 5. The number of benzene rings is 1. The van der Waals surface area contributed by atoms with Crippen LogP contribution in [0.1, 0.15) is 19.4 Å². The lowest BCUT2D eigenvalue weighted by molar-refractivity contribution is -0.145. The Labute approximate surface area is 124 Å². The summed E-state index contributed by atoms with van der Waals surface area (Å²) in [5, 5.41) is 2.35. The van der Waals surface area contributed by atoms with E-state index >= 15 is 0 Å². The maximum absolute atomic E-state index is 11.8. The Bertz CT molecular complexity index is 543. The fourth-order valence-electron chi connectivity index (χ4n) is 2.23. The smallest absolute Gasteiger partial charge is 0.246 e. The SMILES string of the molecule is CC1(C)C(=O)NC(=O)CN1CCOc1cccc(CN)c1. The molecule has 1 saturated heterocycles. The van der Waals surface area contributed by atoms with Crippen LogP contribution in [-0.4, -0.2) is 41.9 Å². The lowest BCUT2D eigenvalue weighted by Crippen LogP contribution is -2.64. The highest BCUT2D eigenvalue weighted by Crippen LogP contribution is 2.18. The van der Waals surface area contributed by atoms with Crippen molar-refractivity contribution in [3.63, 3.8) is 0 Å². The van der Waals surface area contributed by atoms with Gasteiger partial charge in [0.1, 0.15) is 12.4 Å². The quantitative estimate of drug-likeness (QED) is 0.760. The highest BCUT2D eigenvalue weighted by atomic mass is 16.5. The number of rotatable bonds is 5. The Morgan fingerprint density at radius 1 is 1.38 bits per heavy atom. The number of piperazine rings is 1. The monoisotopic (exact) mass is 291 g/mol. The zero-order valence-electron chi connectivity index (χ0n) is 12.4. The van der Waals surface area contributed by atoms with Crippen molar-refractivity contribution in [1.82, 2.24) is 10.2 Å². The van der Waals surface area contributed by atoms with Crippen LogP contribution in [0.15, 0.2) is 24.3 Å². The minimum absolute atomic E-state index is 0.199. The largest absolute Gasteiger partial charge is 0.492 e. The molecule has 2 amide bonds. The molecule has 0 bridgehead atoms. The van der Waals surface area contributed by atoms with Crippen molar-refractivity contribution in [2.24, 2.45) is 5.73 Å². The van der Waals surface area contributed by atoms with E-state index in [0.29, 0.717) is 19.7 Å². The van der Waals surface area contributed by atoms with Gasteiger partial charge in [-0.2, -0.15) is 0 Å². The minimum Gasteiger partial charge on any atom is -0.492 e. The maximum atomic E-state index is 11.8. The Balaban J connectivity index is 1.92. The molecule has 21 heavy (non-hydrogen) atoms. The van der Waals surface area contributed by atoms with Crippen molar-refractivity contribution in [1.29, 1.82) is 0 Å². The Morgan fingerprint density at radius 3 is 2.86 bits per heavy atom. The standard InChI is InChI=1S/C15H21N3O3/c1-15(2)14(20)17-13(19)10-18(15)6-7-21-12-5-3-4-11(8-12)9-16/h3-5,8H,6-7,9-10,16H2,1-2H3,(H,17,19,20). The van der Waals surface area contributed by atoms with E-state index in [4.69, 9.17) is 10.5 Å². The van der Waals surface area contributed by atoms with Gasteiger partial charge in [-0.3, -0.25) is 19.8 Å². The van der Waals surface area contributed by atoms with E-state index < -0.39 is 5.54 Å². The van der Waals surface area contributed by atoms with E-state index in [2.05, 4.69) is 5.32 Å². The summed E-state index contributed by atoms with van der Waals surface area (Å²) in [5.74, 6) is 0.192. The zero-order chi connectivity index (χ0) is 15.5. The molecule has 1 heterocycles. The number of amides is 2. The third kappa shape index (κ3) is 3.59. The lowest BCUT2D eigenvalue weighted by atomic mass is 9.99. The number of hydrogen-bond donors (Lipinski definition) is 2. The maximum Gasteiger partial charge on any atom is 0.246 e. The van der Waals surface area contributed by atoms with Gasteiger partial charge in [-0.25, -0.2) is 0 Å². The van der Waals surface area contributed by atoms with Crippen LogP contribution in [0.3, 0.4) is 0 Å². The van der Waals surface area contributed by atoms with Crippen LogP contribution in [0.2, 0.25) is 0 Å². The van der Waals surface area contributed by atoms with Crippen molar-refractivity contribution in [2.45, 2.75) is 25.9 Å². The molecule has 114 valence electrons. The normalized spacial score (nSPS) is 18.4. The molecule has 0 unspecified atom stereocenters. The average Bonchev–Trinajstić information content (AvgIpc) is 2.45. The van der Waals surface area contributed by atoms with Crippen LogP contribution in [0, 0.1) is 0 Å². The molecule has 0 aliphatic carbocycles. The first kappa shape index (κ1) is 15.5. The van der Waals surface area contributed by atoms with Crippen molar-refractivity contribution in [2.75, 3.05) is 19.7 Å². The number of nitrogens with two attached hydrogens (primary N) is 1. The van der Waals surface area contributed by atoms with Gasteiger partial charge in [0.05, 0.1) is 12.1 Å². The molecule has 2 rings (SSSR count). The van der Waals surface area contributed by atoms with Gasteiger partial charge in [-0.05, 0) is 31.5 Å². The molecule has 0 saturated carbocycles. The van der Waals surface area contributed by atoms with Gasteiger partial charge in [0, 0.05) is 13.1 Å². The van der Waals surface area contributed by atoms with E-state index in [1.165, 1.54) is 0 Å². The molecule has 6 heteroatoms. The van der Waals surface area contributed by atoms with Gasteiger partial charge >= 0.3 is 0 Å². The molecular formula is C15H21N3O3. The number of carbonyl (C=O) groups is 2. The number of carbonyl (C=O) groups excluding carboxylic acids is 2. The van der Waals surface area contributed by atoms with Crippen molar-refractivity contribution >= 4 is 11.8 Å². The lowest BCUT2D eigenvalue weighted by Gasteiger charge is -2.39. The summed E-state index contributed by atoms with van der Waals surface area (Å²) >= 11 is 0. The molecule has 0 radical (unpaired) electrons. The summed E-state index contributed by atoms with van der Waals surface area (Å²) in [6.45, 7) is 5.15. The molecule has 1 fully saturated rings. The third-order valence-corrected chi connectivity index (χ3v) is 3.70. The summed E-state index contributed by atoms with van der Waals surface area (Å²) in [6.07, 6.45) is 0. The van der Waals surface area contributed by atoms with E-state index in [1.54, 1.807) is 13.8 Å². The molecule has 3 N–H and O–H groups in total.